The molecule has 0 bridgehead atoms. The van der Waals surface area contributed by atoms with Crippen molar-refractivity contribution in [2.45, 2.75) is 26.4 Å². The summed E-state index contributed by atoms with van der Waals surface area (Å²) >= 11 is 1.58. The van der Waals surface area contributed by atoms with Crippen molar-refractivity contribution >= 4 is 17.4 Å². The van der Waals surface area contributed by atoms with Crippen LogP contribution in [-0.2, 0) is 6.54 Å². The summed E-state index contributed by atoms with van der Waals surface area (Å²) in [5.74, 6) is 0.797. The highest BCUT2D eigenvalue weighted by molar-refractivity contribution is 7.09. The van der Waals surface area contributed by atoms with Gasteiger partial charge in [0.15, 0.2) is 0 Å². The van der Waals surface area contributed by atoms with Crippen LogP contribution in [0.15, 0.2) is 42.3 Å². The van der Waals surface area contributed by atoms with E-state index in [0.29, 0.717) is 13.1 Å². The Bertz CT molecular complexity index is 682. The Morgan fingerprint density at radius 1 is 1.46 bits per heavy atom. The number of hydrogen-bond acceptors (Lipinski definition) is 4. The fraction of sp³-hybridized carbons (Fsp3) is 0.333. The molecule has 1 aromatic heterocycles. The molecule has 1 heterocycles. The van der Waals surface area contributed by atoms with E-state index in [-0.39, 0.29) is 12.1 Å². The average Bonchev–Trinajstić information content (AvgIpc) is 3.01. The molecule has 0 aliphatic rings. The number of benzene rings is 1. The van der Waals surface area contributed by atoms with E-state index < -0.39 is 0 Å². The first-order chi connectivity index (χ1) is 11.5. The number of aryl methyl sites for hydroxylation is 1. The molecule has 1 aromatic carbocycles. The zero-order valence-corrected chi connectivity index (χ0v) is 15.1. The number of urea groups is 1. The van der Waals surface area contributed by atoms with Crippen molar-refractivity contribution in [3.63, 3.8) is 0 Å². The van der Waals surface area contributed by atoms with Gasteiger partial charge < -0.3 is 15.0 Å². The van der Waals surface area contributed by atoms with E-state index >= 15 is 0 Å². The predicted molar refractivity (Wildman–Crippen MR) is 97.4 cm³/mol. The van der Waals surface area contributed by atoms with E-state index in [0.717, 1.165) is 22.0 Å². The van der Waals surface area contributed by atoms with Crippen LogP contribution in [0.1, 0.15) is 29.2 Å². The molecule has 1 unspecified atom stereocenters. The number of hydrogen-bond donors (Lipinski definition) is 1. The van der Waals surface area contributed by atoms with Gasteiger partial charge in [0.1, 0.15) is 5.75 Å². The summed E-state index contributed by atoms with van der Waals surface area (Å²) in [6.07, 6.45) is 1.72. The second-order valence-corrected chi connectivity index (χ2v) is 6.54. The van der Waals surface area contributed by atoms with E-state index in [9.17, 15) is 4.79 Å². The number of ether oxygens (including phenoxy) is 1. The van der Waals surface area contributed by atoms with Gasteiger partial charge >= 0.3 is 6.03 Å². The van der Waals surface area contributed by atoms with Gasteiger partial charge in [0.2, 0.25) is 0 Å². The summed E-state index contributed by atoms with van der Waals surface area (Å²) in [4.78, 5) is 18.7. The molecule has 0 aliphatic heterocycles. The van der Waals surface area contributed by atoms with Crippen molar-refractivity contribution in [1.29, 1.82) is 0 Å². The highest BCUT2D eigenvalue weighted by Crippen LogP contribution is 2.17. The average molecular weight is 345 g/mol. The third-order valence-electron chi connectivity index (χ3n) is 3.59. The molecular formula is C18H23N3O2S. The maximum Gasteiger partial charge on any atom is 0.318 e. The quantitative estimate of drug-likeness (QED) is 0.774. The first kappa shape index (κ1) is 18.0. The van der Waals surface area contributed by atoms with E-state index in [1.807, 2.05) is 43.5 Å². The Morgan fingerprint density at radius 2 is 2.17 bits per heavy atom. The molecule has 5 nitrogen and oxygen atoms in total. The van der Waals surface area contributed by atoms with Gasteiger partial charge in [-0.1, -0.05) is 18.2 Å². The fourth-order valence-electron chi connectivity index (χ4n) is 2.26. The number of amides is 2. The molecule has 0 aliphatic carbocycles. The minimum atomic E-state index is -0.135. The Morgan fingerprint density at radius 3 is 2.71 bits per heavy atom. The van der Waals surface area contributed by atoms with Gasteiger partial charge in [0.25, 0.3) is 0 Å². The number of carbonyl (C=O) groups excluding carboxylic acids is 1. The third-order valence-corrected chi connectivity index (χ3v) is 4.38. The zero-order chi connectivity index (χ0) is 17.5. The van der Waals surface area contributed by atoms with Gasteiger partial charge in [-0.15, -0.1) is 17.9 Å². The Balaban J connectivity index is 2.02. The number of methoxy groups -OCH3 is 1. The second-order valence-electron chi connectivity index (χ2n) is 5.48. The molecule has 24 heavy (non-hydrogen) atoms. The minimum absolute atomic E-state index is 0.134. The van der Waals surface area contributed by atoms with E-state index in [2.05, 4.69) is 16.9 Å². The smallest absolute Gasteiger partial charge is 0.318 e. The van der Waals surface area contributed by atoms with Crippen LogP contribution in [0.5, 0.6) is 5.75 Å². The number of rotatable bonds is 7. The molecule has 2 amide bonds. The van der Waals surface area contributed by atoms with Gasteiger partial charge in [0.05, 0.1) is 23.9 Å². The van der Waals surface area contributed by atoms with E-state index in [1.165, 1.54) is 0 Å². The predicted octanol–water partition coefficient (Wildman–Crippen LogP) is 3.92. The normalized spacial score (nSPS) is 11.6. The van der Waals surface area contributed by atoms with E-state index in [4.69, 9.17) is 4.74 Å². The van der Waals surface area contributed by atoms with Crippen LogP contribution in [-0.4, -0.2) is 29.6 Å². The Hall–Kier alpha value is -2.34. The Labute approximate surface area is 147 Å². The molecule has 0 saturated carbocycles. The van der Waals surface area contributed by atoms with Crippen LogP contribution in [0.25, 0.3) is 0 Å². The monoisotopic (exact) mass is 345 g/mol. The lowest BCUT2D eigenvalue weighted by Gasteiger charge is -2.24. The summed E-state index contributed by atoms with van der Waals surface area (Å²) < 4.78 is 5.16. The van der Waals surface area contributed by atoms with Gasteiger partial charge in [-0.2, -0.15) is 0 Å². The molecule has 1 N–H and O–H groups in total. The highest BCUT2D eigenvalue weighted by Gasteiger charge is 2.17. The maximum absolute atomic E-state index is 12.6. The number of carbonyl (C=O) groups is 1. The lowest BCUT2D eigenvalue weighted by molar-refractivity contribution is 0.197. The summed E-state index contributed by atoms with van der Waals surface area (Å²) in [7, 11) is 1.63. The van der Waals surface area contributed by atoms with Gasteiger partial charge in [-0.05, 0) is 31.5 Å². The summed E-state index contributed by atoms with van der Waals surface area (Å²) in [6.45, 7) is 8.61. The number of nitrogens with zero attached hydrogens (tertiary/aromatic N) is 2. The van der Waals surface area contributed by atoms with Crippen molar-refractivity contribution in [2.75, 3.05) is 13.7 Å². The SMILES string of the molecule is C=CCN(Cc1ccc(OC)cc1)C(=O)NC(C)c1csc(C)n1. The molecule has 0 spiro atoms. The van der Waals surface area contributed by atoms with Gasteiger partial charge in [-0.3, -0.25) is 0 Å². The van der Waals surface area contributed by atoms with Gasteiger partial charge in [-0.25, -0.2) is 9.78 Å². The van der Waals surface area contributed by atoms with Gasteiger partial charge in [0, 0.05) is 18.5 Å². The van der Waals surface area contributed by atoms with Crippen molar-refractivity contribution < 1.29 is 9.53 Å². The molecule has 6 heteroatoms. The molecule has 0 saturated heterocycles. The number of nitrogens with one attached hydrogen (secondary N) is 1. The molecule has 0 radical (unpaired) electrons. The number of aromatic nitrogens is 1. The lowest BCUT2D eigenvalue weighted by atomic mass is 10.2. The largest absolute Gasteiger partial charge is 0.497 e. The van der Waals surface area contributed by atoms with Crippen LogP contribution in [0.2, 0.25) is 0 Å². The molecule has 128 valence electrons. The topological polar surface area (TPSA) is 54.5 Å². The fourth-order valence-corrected chi connectivity index (χ4v) is 2.96. The van der Waals surface area contributed by atoms with Crippen LogP contribution in [0, 0.1) is 6.92 Å². The third kappa shape index (κ3) is 4.83. The molecule has 1 atom stereocenters. The van der Waals surface area contributed by atoms with Crippen molar-refractivity contribution in [1.82, 2.24) is 15.2 Å². The molecular weight excluding hydrogens is 322 g/mol. The van der Waals surface area contributed by atoms with Crippen LogP contribution in [0.4, 0.5) is 4.79 Å². The second kappa shape index (κ2) is 8.49. The molecule has 2 rings (SSSR count). The summed E-state index contributed by atoms with van der Waals surface area (Å²) in [6, 6.07) is 7.42. The van der Waals surface area contributed by atoms with Crippen molar-refractivity contribution in [3.8, 4) is 5.75 Å². The first-order valence-corrected chi connectivity index (χ1v) is 8.62. The Kier molecular flexibility index (Phi) is 6.37. The van der Waals surface area contributed by atoms with Crippen molar-refractivity contribution in [3.05, 3.63) is 58.6 Å². The summed E-state index contributed by atoms with van der Waals surface area (Å²) in [5.41, 5.74) is 1.92. The van der Waals surface area contributed by atoms with E-state index in [1.54, 1.807) is 29.4 Å². The standard InChI is InChI=1S/C18H23N3O2S/c1-5-10-21(11-15-6-8-16(23-4)9-7-15)18(22)19-13(2)17-12-24-14(3)20-17/h5-9,12-13H,1,10-11H2,2-4H3,(H,19,22). The van der Waals surface area contributed by atoms with Crippen LogP contribution >= 0.6 is 11.3 Å². The number of thiazole rings is 1. The first-order valence-electron chi connectivity index (χ1n) is 7.74. The molecule has 2 aromatic rings. The van der Waals surface area contributed by atoms with Crippen LogP contribution in [0.3, 0.4) is 0 Å². The van der Waals surface area contributed by atoms with Crippen LogP contribution < -0.4 is 10.1 Å². The molecule has 0 fully saturated rings. The lowest BCUT2D eigenvalue weighted by Crippen LogP contribution is -2.40. The highest BCUT2D eigenvalue weighted by atomic mass is 32.1. The zero-order valence-electron chi connectivity index (χ0n) is 14.3. The van der Waals surface area contributed by atoms with Crippen molar-refractivity contribution in [2.24, 2.45) is 0 Å². The summed E-state index contributed by atoms with van der Waals surface area (Å²) in [5, 5.41) is 5.96. The maximum atomic E-state index is 12.6. The minimum Gasteiger partial charge on any atom is -0.497 e.